The number of carbonyl (C=O) groups excluding carboxylic acids is 1. The first kappa shape index (κ1) is 16.5. The molecule has 0 saturated heterocycles. The number of ether oxygens (including phenoxy) is 1. The van der Waals surface area contributed by atoms with Crippen LogP contribution in [0.25, 0.3) is 5.69 Å². The van der Waals surface area contributed by atoms with Crippen molar-refractivity contribution in [2.45, 2.75) is 44.9 Å². The molecule has 1 fully saturated rings. The summed E-state index contributed by atoms with van der Waals surface area (Å²) in [7, 11) is 0. The molecule has 0 aliphatic heterocycles. The predicted octanol–water partition coefficient (Wildman–Crippen LogP) is 4.01. The molecule has 1 aromatic heterocycles. The summed E-state index contributed by atoms with van der Waals surface area (Å²) in [6, 6.07) is 4.89. The lowest BCUT2D eigenvalue weighted by atomic mass is 9.88. The first-order valence-electron chi connectivity index (χ1n) is 8.47. The normalized spacial score (nSPS) is 15.2. The van der Waals surface area contributed by atoms with E-state index in [4.69, 9.17) is 4.74 Å². The van der Waals surface area contributed by atoms with Crippen LogP contribution in [0.2, 0.25) is 0 Å². The molecule has 6 heteroatoms. The van der Waals surface area contributed by atoms with E-state index >= 15 is 0 Å². The van der Waals surface area contributed by atoms with Gasteiger partial charge in [-0.05, 0) is 38.0 Å². The third-order valence-electron chi connectivity index (χ3n) is 4.52. The molecule has 128 valence electrons. The van der Waals surface area contributed by atoms with Crippen molar-refractivity contribution in [2.24, 2.45) is 0 Å². The van der Waals surface area contributed by atoms with Crippen LogP contribution in [0, 0.1) is 5.21 Å². The highest BCUT2D eigenvalue weighted by atomic mass is 16.5. The Morgan fingerprint density at radius 2 is 2.17 bits per heavy atom. The fourth-order valence-corrected chi connectivity index (χ4v) is 3.34. The number of carbonyl (C=O) groups is 1. The van der Waals surface area contributed by atoms with E-state index < -0.39 is 5.97 Å². The highest BCUT2D eigenvalue weighted by Gasteiger charge is 2.21. The van der Waals surface area contributed by atoms with E-state index in [2.05, 4.69) is 4.98 Å². The van der Waals surface area contributed by atoms with E-state index in [0.29, 0.717) is 29.5 Å². The van der Waals surface area contributed by atoms with Crippen LogP contribution in [0.15, 0.2) is 30.6 Å². The molecule has 0 atom stereocenters. The van der Waals surface area contributed by atoms with Crippen LogP contribution in [0.1, 0.15) is 61.1 Å². The molecule has 24 heavy (non-hydrogen) atoms. The van der Waals surface area contributed by atoms with Gasteiger partial charge in [-0.15, -0.1) is 0 Å². The van der Waals surface area contributed by atoms with Gasteiger partial charge < -0.3 is 20.0 Å². The van der Waals surface area contributed by atoms with Gasteiger partial charge in [-0.25, -0.2) is 9.78 Å². The van der Waals surface area contributed by atoms with E-state index in [1.807, 2.05) is 16.2 Å². The van der Waals surface area contributed by atoms with E-state index in [1.165, 1.54) is 19.3 Å². The average Bonchev–Trinajstić information content (AvgIpc) is 3.11. The Morgan fingerprint density at radius 3 is 2.88 bits per heavy atom. The second-order valence-electron chi connectivity index (χ2n) is 6.04. The predicted molar refractivity (Wildman–Crippen MR) is 92.3 cm³/mol. The summed E-state index contributed by atoms with van der Waals surface area (Å²) >= 11 is 0. The molecule has 6 nitrogen and oxygen atoms in total. The molecule has 1 aliphatic carbocycles. The lowest BCUT2D eigenvalue weighted by molar-refractivity contribution is 0.0526. The van der Waals surface area contributed by atoms with Crippen molar-refractivity contribution in [2.75, 3.05) is 12.1 Å². The van der Waals surface area contributed by atoms with Crippen LogP contribution >= 0.6 is 0 Å². The maximum atomic E-state index is 12.0. The molecule has 2 aromatic rings. The van der Waals surface area contributed by atoms with Crippen LogP contribution in [0.5, 0.6) is 0 Å². The topological polar surface area (TPSA) is 79.2 Å². The van der Waals surface area contributed by atoms with Crippen molar-refractivity contribution in [1.82, 2.24) is 9.55 Å². The standard InChI is InChI=1S/C18H22N3O3/c1-2-24-18(22)14-8-9-15(20-23)16(12-14)21-11-10-19-17(21)13-6-4-3-5-7-13/h8-13,20H,2-7H2,1H3/q-1. The Morgan fingerprint density at radius 1 is 1.38 bits per heavy atom. The Bertz CT molecular complexity index is 705. The molecule has 3 rings (SSSR count). The first-order valence-corrected chi connectivity index (χ1v) is 8.47. The maximum Gasteiger partial charge on any atom is 0.338 e. The molecule has 0 unspecified atom stereocenters. The van der Waals surface area contributed by atoms with Gasteiger partial charge in [0, 0.05) is 24.0 Å². The minimum absolute atomic E-state index is 0.314. The lowest BCUT2D eigenvalue weighted by Crippen LogP contribution is -2.13. The number of imidazole rings is 1. The SMILES string of the molecule is CCOC(=O)c1ccc(N[O-])c(-n2ccnc2C2CCCCC2)c1. The van der Waals surface area contributed by atoms with Crippen LogP contribution < -0.4 is 5.48 Å². The summed E-state index contributed by atoms with van der Waals surface area (Å²) in [4.78, 5) is 16.5. The van der Waals surface area contributed by atoms with Crippen molar-refractivity contribution >= 4 is 11.7 Å². The Kier molecular flexibility index (Phi) is 5.15. The molecule has 0 spiro atoms. The van der Waals surface area contributed by atoms with Gasteiger partial charge in [0.25, 0.3) is 0 Å². The van der Waals surface area contributed by atoms with Crippen molar-refractivity contribution in [3.05, 3.63) is 47.2 Å². The number of rotatable bonds is 5. The molecule has 1 heterocycles. The molecule has 1 saturated carbocycles. The molecule has 1 aliphatic rings. The van der Waals surface area contributed by atoms with Crippen molar-refractivity contribution in [3.8, 4) is 5.69 Å². The number of anilines is 1. The van der Waals surface area contributed by atoms with Crippen LogP contribution in [0.4, 0.5) is 5.69 Å². The van der Waals surface area contributed by atoms with Gasteiger partial charge in [0.1, 0.15) is 5.82 Å². The van der Waals surface area contributed by atoms with Gasteiger partial charge in [-0.1, -0.05) is 19.3 Å². The molecule has 0 bridgehead atoms. The van der Waals surface area contributed by atoms with Crippen LogP contribution in [-0.4, -0.2) is 22.1 Å². The zero-order chi connectivity index (χ0) is 16.9. The molecule has 0 radical (unpaired) electrons. The van der Waals surface area contributed by atoms with Gasteiger partial charge in [-0.3, -0.25) is 0 Å². The minimum atomic E-state index is -0.393. The largest absolute Gasteiger partial charge is 0.761 e. The summed E-state index contributed by atoms with van der Waals surface area (Å²) in [5.74, 6) is 0.947. The summed E-state index contributed by atoms with van der Waals surface area (Å²) in [6.45, 7) is 2.08. The smallest absolute Gasteiger partial charge is 0.338 e. The van der Waals surface area contributed by atoms with E-state index in [1.54, 1.807) is 31.3 Å². The van der Waals surface area contributed by atoms with Crippen molar-refractivity contribution in [3.63, 3.8) is 0 Å². The minimum Gasteiger partial charge on any atom is -0.761 e. The highest BCUT2D eigenvalue weighted by molar-refractivity contribution is 5.91. The summed E-state index contributed by atoms with van der Waals surface area (Å²) in [5.41, 5.74) is 3.43. The number of benzene rings is 1. The molecular weight excluding hydrogens is 306 g/mol. The van der Waals surface area contributed by atoms with Crippen LogP contribution in [0.3, 0.4) is 0 Å². The average molecular weight is 328 g/mol. The molecule has 1 aromatic carbocycles. The second-order valence-corrected chi connectivity index (χ2v) is 6.04. The maximum absolute atomic E-state index is 12.0. The number of nitrogens with zero attached hydrogens (tertiary/aromatic N) is 2. The van der Waals surface area contributed by atoms with Gasteiger partial charge in [0.2, 0.25) is 0 Å². The van der Waals surface area contributed by atoms with E-state index in [9.17, 15) is 10.0 Å². The molecular formula is C18H22N3O3-. The Labute approximate surface area is 141 Å². The zero-order valence-electron chi connectivity index (χ0n) is 13.8. The van der Waals surface area contributed by atoms with E-state index in [0.717, 1.165) is 18.7 Å². The van der Waals surface area contributed by atoms with Crippen molar-refractivity contribution < 1.29 is 9.53 Å². The Balaban J connectivity index is 2.00. The zero-order valence-corrected chi connectivity index (χ0v) is 13.8. The number of hydrogen-bond acceptors (Lipinski definition) is 5. The Hall–Kier alpha value is -2.34. The van der Waals surface area contributed by atoms with E-state index in [-0.39, 0.29) is 0 Å². The third kappa shape index (κ3) is 3.28. The lowest BCUT2D eigenvalue weighted by Gasteiger charge is -2.24. The third-order valence-corrected chi connectivity index (χ3v) is 4.52. The molecule has 0 amide bonds. The van der Waals surface area contributed by atoms with Gasteiger partial charge in [-0.2, -0.15) is 0 Å². The van der Waals surface area contributed by atoms with Gasteiger partial charge in [0.05, 0.1) is 17.9 Å². The van der Waals surface area contributed by atoms with Crippen LogP contribution in [-0.2, 0) is 4.74 Å². The van der Waals surface area contributed by atoms with Crippen molar-refractivity contribution in [1.29, 1.82) is 0 Å². The first-order chi connectivity index (χ1) is 11.7. The van der Waals surface area contributed by atoms with Gasteiger partial charge >= 0.3 is 5.97 Å². The number of esters is 1. The quantitative estimate of drug-likeness (QED) is 0.663. The highest BCUT2D eigenvalue weighted by Crippen LogP contribution is 2.34. The second kappa shape index (κ2) is 7.49. The summed E-state index contributed by atoms with van der Waals surface area (Å²) in [5, 5.41) is 11.3. The number of hydrogen-bond donors (Lipinski definition) is 1. The number of nitrogens with one attached hydrogen (secondary N) is 1. The summed E-state index contributed by atoms with van der Waals surface area (Å²) in [6.07, 6.45) is 9.47. The monoisotopic (exact) mass is 328 g/mol. The molecule has 1 N–H and O–H groups in total. The van der Waals surface area contributed by atoms with Gasteiger partial charge in [0.15, 0.2) is 0 Å². The fourth-order valence-electron chi connectivity index (χ4n) is 3.34. The fraction of sp³-hybridized carbons (Fsp3) is 0.444. The summed E-state index contributed by atoms with van der Waals surface area (Å²) < 4.78 is 6.97. The number of aromatic nitrogens is 2.